The number of ether oxygens (including phenoxy) is 2. The van der Waals surface area contributed by atoms with Crippen molar-refractivity contribution in [2.45, 2.75) is 13.0 Å². The number of methoxy groups -OCH3 is 1. The molecule has 90 valence electrons. The molecule has 0 saturated heterocycles. The summed E-state index contributed by atoms with van der Waals surface area (Å²) in [7, 11) is 1.65. The number of hydrogen-bond donors (Lipinski definition) is 1. The number of nitrogens with zero attached hydrogens (tertiary/aromatic N) is 3. The maximum atomic E-state index is 5.39. The van der Waals surface area contributed by atoms with Crippen molar-refractivity contribution >= 4 is 17.2 Å². The van der Waals surface area contributed by atoms with Crippen molar-refractivity contribution < 1.29 is 9.47 Å². The quantitative estimate of drug-likeness (QED) is 0.511. The molecule has 0 radical (unpaired) electrons. The topological polar surface area (TPSA) is 75.2 Å². The lowest BCUT2D eigenvalue weighted by atomic mass is 10.4. The van der Waals surface area contributed by atoms with Gasteiger partial charge in [-0.15, -0.1) is 5.10 Å². The van der Waals surface area contributed by atoms with E-state index in [1.54, 1.807) is 18.1 Å². The highest BCUT2D eigenvalue weighted by Gasteiger charge is 2.02. The van der Waals surface area contributed by atoms with Gasteiger partial charge in [-0.05, 0) is 6.42 Å². The number of hydrogen-bond acceptors (Lipinski definition) is 5. The summed E-state index contributed by atoms with van der Waals surface area (Å²) < 4.78 is 11.9. The molecule has 0 spiro atoms. The van der Waals surface area contributed by atoms with Crippen LogP contribution in [0.5, 0.6) is 0 Å². The van der Waals surface area contributed by atoms with Crippen molar-refractivity contribution in [3.63, 3.8) is 0 Å². The van der Waals surface area contributed by atoms with E-state index in [1.165, 1.54) is 0 Å². The first-order valence-corrected chi connectivity index (χ1v) is 5.41. The molecule has 0 unspecified atom stereocenters. The van der Waals surface area contributed by atoms with Crippen LogP contribution in [0.1, 0.15) is 12.2 Å². The van der Waals surface area contributed by atoms with Crippen LogP contribution < -0.4 is 5.73 Å². The molecule has 1 aromatic heterocycles. The Morgan fingerprint density at radius 1 is 1.50 bits per heavy atom. The van der Waals surface area contributed by atoms with Crippen molar-refractivity contribution in [3.05, 3.63) is 12.2 Å². The van der Waals surface area contributed by atoms with Crippen LogP contribution in [0.15, 0.2) is 6.33 Å². The molecule has 1 heterocycles. The van der Waals surface area contributed by atoms with Gasteiger partial charge in [0.25, 0.3) is 0 Å². The van der Waals surface area contributed by atoms with E-state index in [0.29, 0.717) is 25.6 Å². The molecule has 16 heavy (non-hydrogen) atoms. The lowest BCUT2D eigenvalue weighted by Gasteiger charge is -2.03. The molecular formula is C9H16N4O2S. The third-order valence-electron chi connectivity index (χ3n) is 1.86. The van der Waals surface area contributed by atoms with Crippen LogP contribution in [-0.4, -0.2) is 46.7 Å². The second-order valence-electron chi connectivity index (χ2n) is 3.15. The molecular weight excluding hydrogens is 228 g/mol. The number of rotatable bonds is 8. The summed E-state index contributed by atoms with van der Waals surface area (Å²) >= 11 is 4.76. The van der Waals surface area contributed by atoms with E-state index >= 15 is 0 Å². The Labute approximate surface area is 99.7 Å². The average Bonchev–Trinajstić information content (AvgIpc) is 2.72. The highest BCUT2D eigenvalue weighted by molar-refractivity contribution is 7.80. The van der Waals surface area contributed by atoms with Crippen LogP contribution in [-0.2, 0) is 16.0 Å². The molecule has 1 aromatic rings. The minimum atomic E-state index is 0.218. The van der Waals surface area contributed by atoms with Crippen LogP contribution in [0.3, 0.4) is 0 Å². The Bertz CT molecular complexity index is 329. The molecule has 6 nitrogen and oxygen atoms in total. The monoisotopic (exact) mass is 244 g/mol. The average molecular weight is 244 g/mol. The molecule has 2 N–H and O–H groups in total. The minimum absolute atomic E-state index is 0.218. The van der Waals surface area contributed by atoms with Gasteiger partial charge in [-0.3, -0.25) is 4.68 Å². The summed E-state index contributed by atoms with van der Waals surface area (Å²) in [5.74, 6) is 0.412. The Morgan fingerprint density at radius 2 is 2.31 bits per heavy atom. The largest absolute Gasteiger partial charge is 0.387 e. The first-order valence-electron chi connectivity index (χ1n) is 5.00. The second kappa shape index (κ2) is 7.26. The van der Waals surface area contributed by atoms with Gasteiger partial charge in [-0.1, -0.05) is 12.2 Å². The van der Waals surface area contributed by atoms with Crippen LogP contribution in [0, 0.1) is 0 Å². The third kappa shape index (κ3) is 4.65. The number of thiocarbonyl (C=S) groups is 1. The smallest absolute Gasteiger partial charge is 0.208 e. The summed E-state index contributed by atoms with van der Waals surface area (Å²) in [5, 5.41) is 4.10. The first kappa shape index (κ1) is 13.0. The van der Waals surface area contributed by atoms with Gasteiger partial charge in [-0.25, -0.2) is 4.98 Å². The molecule has 0 aliphatic rings. The lowest BCUT2D eigenvalue weighted by Crippen LogP contribution is -2.12. The molecule has 0 bridgehead atoms. The highest BCUT2D eigenvalue weighted by atomic mass is 32.1. The predicted octanol–water partition coefficient (Wildman–Crippen LogP) is -0.0346. The number of aryl methyl sites for hydroxylation is 1. The minimum Gasteiger partial charge on any atom is -0.387 e. The summed E-state index contributed by atoms with van der Waals surface area (Å²) in [4.78, 5) is 4.19. The van der Waals surface area contributed by atoms with Crippen LogP contribution in [0.25, 0.3) is 0 Å². The van der Waals surface area contributed by atoms with E-state index < -0.39 is 0 Å². The Hall–Kier alpha value is -1.05. The van der Waals surface area contributed by atoms with E-state index in [-0.39, 0.29) is 4.99 Å². The number of aromatic nitrogens is 3. The lowest BCUT2D eigenvalue weighted by molar-refractivity contribution is 0.0677. The van der Waals surface area contributed by atoms with Crippen molar-refractivity contribution in [1.82, 2.24) is 14.8 Å². The van der Waals surface area contributed by atoms with E-state index in [0.717, 1.165) is 13.0 Å². The highest BCUT2D eigenvalue weighted by Crippen LogP contribution is 1.93. The van der Waals surface area contributed by atoms with Crippen molar-refractivity contribution in [2.75, 3.05) is 26.9 Å². The predicted molar refractivity (Wildman–Crippen MR) is 63.2 cm³/mol. The van der Waals surface area contributed by atoms with Crippen LogP contribution >= 0.6 is 12.2 Å². The van der Waals surface area contributed by atoms with Gasteiger partial charge in [0.15, 0.2) is 0 Å². The fraction of sp³-hybridized carbons (Fsp3) is 0.667. The maximum absolute atomic E-state index is 5.39. The molecule has 7 heteroatoms. The zero-order chi connectivity index (χ0) is 11.8. The Kier molecular flexibility index (Phi) is 5.91. The molecule has 0 saturated carbocycles. The van der Waals surface area contributed by atoms with Crippen molar-refractivity contribution in [2.24, 2.45) is 5.73 Å². The fourth-order valence-corrected chi connectivity index (χ4v) is 1.18. The molecule has 0 aliphatic heterocycles. The van der Waals surface area contributed by atoms with Crippen molar-refractivity contribution in [1.29, 1.82) is 0 Å². The summed E-state index contributed by atoms with van der Waals surface area (Å²) in [6.07, 6.45) is 2.48. The Morgan fingerprint density at radius 3 is 2.94 bits per heavy atom. The van der Waals surface area contributed by atoms with E-state index in [4.69, 9.17) is 27.4 Å². The van der Waals surface area contributed by atoms with Gasteiger partial charge in [0.1, 0.15) is 11.3 Å². The molecule has 0 fully saturated rings. The van der Waals surface area contributed by atoms with Gasteiger partial charge in [0, 0.05) is 20.3 Å². The molecule has 0 atom stereocenters. The van der Waals surface area contributed by atoms with E-state index in [1.807, 2.05) is 0 Å². The van der Waals surface area contributed by atoms with Crippen LogP contribution in [0.2, 0.25) is 0 Å². The van der Waals surface area contributed by atoms with Gasteiger partial charge in [0.05, 0.1) is 13.2 Å². The van der Waals surface area contributed by atoms with E-state index in [2.05, 4.69) is 10.1 Å². The fourth-order valence-electron chi connectivity index (χ4n) is 1.09. The third-order valence-corrected chi connectivity index (χ3v) is 2.05. The summed E-state index contributed by atoms with van der Waals surface area (Å²) in [5.41, 5.74) is 5.39. The Balaban J connectivity index is 2.14. The summed E-state index contributed by atoms with van der Waals surface area (Å²) in [6, 6.07) is 0. The second-order valence-corrected chi connectivity index (χ2v) is 3.59. The molecule has 0 aliphatic carbocycles. The first-order chi connectivity index (χ1) is 7.74. The van der Waals surface area contributed by atoms with E-state index in [9.17, 15) is 0 Å². The normalized spacial score (nSPS) is 10.6. The zero-order valence-electron chi connectivity index (χ0n) is 9.26. The molecule has 0 amide bonds. The molecule has 1 rings (SSSR count). The zero-order valence-corrected chi connectivity index (χ0v) is 10.1. The van der Waals surface area contributed by atoms with Gasteiger partial charge < -0.3 is 15.2 Å². The summed E-state index contributed by atoms with van der Waals surface area (Å²) in [6.45, 7) is 2.65. The molecule has 0 aromatic carbocycles. The standard InChI is InChI=1S/C9H16N4O2S/c1-14-5-6-15-4-2-3-13-7-11-9(12-13)8(10)16/h7H,2-6H2,1H3,(H2,10,16). The van der Waals surface area contributed by atoms with Gasteiger partial charge in [0.2, 0.25) is 5.82 Å². The van der Waals surface area contributed by atoms with Gasteiger partial charge >= 0.3 is 0 Å². The number of nitrogens with two attached hydrogens (primary N) is 1. The van der Waals surface area contributed by atoms with Crippen LogP contribution in [0.4, 0.5) is 0 Å². The SMILES string of the molecule is COCCOCCCn1cnc(C(N)=S)n1. The maximum Gasteiger partial charge on any atom is 0.208 e. The van der Waals surface area contributed by atoms with Crippen molar-refractivity contribution in [3.8, 4) is 0 Å². The van der Waals surface area contributed by atoms with Gasteiger partial charge in [-0.2, -0.15) is 0 Å².